The second-order valence-corrected chi connectivity index (χ2v) is 6.72. The van der Waals surface area contributed by atoms with Crippen molar-refractivity contribution < 1.29 is 22.6 Å². The summed E-state index contributed by atoms with van der Waals surface area (Å²) in [5.74, 6) is 0. The number of pyridine rings is 1. The van der Waals surface area contributed by atoms with E-state index in [1.807, 2.05) is 20.8 Å². The molecule has 0 aromatic carbocycles. The van der Waals surface area contributed by atoms with Crippen molar-refractivity contribution in [2.24, 2.45) is 5.41 Å². The van der Waals surface area contributed by atoms with Gasteiger partial charge in [0.1, 0.15) is 4.90 Å². The molecule has 1 rings (SSSR count). The summed E-state index contributed by atoms with van der Waals surface area (Å²) in [6, 6.07) is 1.12. The molecule has 0 aliphatic heterocycles. The van der Waals surface area contributed by atoms with Crippen LogP contribution in [0.15, 0.2) is 23.4 Å². The minimum absolute atomic E-state index is 0.00423. The van der Waals surface area contributed by atoms with Crippen LogP contribution in [-0.4, -0.2) is 37.2 Å². The molecule has 0 atom stereocenters. The highest BCUT2D eigenvalue weighted by molar-refractivity contribution is 7.86. The van der Waals surface area contributed by atoms with Crippen molar-refractivity contribution in [1.29, 1.82) is 0 Å². The second-order valence-electron chi connectivity index (χ2n) is 5.10. The van der Waals surface area contributed by atoms with Crippen LogP contribution in [0.4, 0.5) is 0 Å². The van der Waals surface area contributed by atoms with Crippen LogP contribution >= 0.6 is 0 Å². The first-order valence-electron chi connectivity index (χ1n) is 5.32. The van der Waals surface area contributed by atoms with Crippen LogP contribution in [0.25, 0.3) is 0 Å². The van der Waals surface area contributed by atoms with Gasteiger partial charge in [0.15, 0.2) is 0 Å². The van der Waals surface area contributed by atoms with Gasteiger partial charge in [-0.25, -0.2) is 0 Å². The Bertz CT molecular complexity index is 509. The topological polar surface area (TPSA) is 96.7 Å². The van der Waals surface area contributed by atoms with Gasteiger partial charge in [0.05, 0.1) is 6.61 Å². The molecule has 0 saturated heterocycles. The molecule has 0 aliphatic rings. The average Bonchev–Trinajstić information content (AvgIpc) is 2.26. The zero-order valence-electron chi connectivity index (χ0n) is 10.5. The van der Waals surface area contributed by atoms with Crippen LogP contribution in [0.2, 0.25) is 0 Å². The van der Waals surface area contributed by atoms with Crippen LogP contribution in [-0.2, 0) is 14.3 Å². The van der Waals surface area contributed by atoms with Gasteiger partial charge in [-0.15, -0.1) is 0 Å². The van der Waals surface area contributed by atoms with Gasteiger partial charge < -0.3 is 10.0 Å². The molecular weight excluding hydrogens is 257 g/mol. The van der Waals surface area contributed by atoms with E-state index in [9.17, 15) is 8.42 Å². The van der Waals surface area contributed by atoms with Gasteiger partial charge in [-0.2, -0.15) is 8.42 Å². The smallest absolute Gasteiger partial charge is 0.423 e. The highest BCUT2D eigenvalue weighted by atomic mass is 32.2. The van der Waals surface area contributed by atoms with Crippen LogP contribution in [0.1, 0.15) is 20.8 Å². The molecule has 0 aliphatic carbocycles. The number of nitrogens with zero attached hydrogens (tertiary/aromatic N) is 1. The van der Waals surface area contributed by atoms with Gasteiger partial charge in [-0.05, 0) is 11.5 Å². The lowest BCUT2D eigenvalue weighted by atomic mass is 9.82. The fraction of sp³-hybridized carbons (Fsp3) is 0.500. The zero-order chi connectivity index (χ0) is 14.0. The molecule has 1 aromatic heterocycles. The van der Waals surface area contributed by atoms with E-state index in [4.69, 9.17) is 14.2 Å². The summed E-state index contributed by atoms with van der Waals surface area (Å²) in [6.45, 7) is 5.55. The van der Waals surface area contributed by atoms with Gasteiger partial charge in [0.25, 0.3) is 10.1 Å². The number of hydrogen-bond donors (Lipinski definition) is 2. The molecule has 1 heterocycles. The molecule has 0 fully saturated rings. The monoisotopic (exact) mass is 273 g/mol. The lowest BCUT2D eigenvalue weighted by Gasteiger charge is -2.17. The van der Waals surface area contributed by atoms with Crippen molar-refractivity contribution in [2.45, 2.75) is 25.7 Å². The Morgan fingerprint density at radius 3 is 2.44 bits per heavy atom. The Labute approximate surface area is 107 Å². The van der Waals surface area contributed by atoms with E-state index in [1.165, 1.54) is 6.20 Å². The Morgan fingerprint density at radius 2 is 1.94 bits per heavy atom. The summed E-state index contributed by atoms with van der Waals surface area (Å²) in [7, 11) is -5.70. The predicted octanol–water partition coefficient (Wildman–Crippen LogP) is -0.487. The van der Waals surface area contributed by atoms with Crippen molar-refractivity contribution in [3.8, 4) is 0 Å². The molecule has 0 amide bonds. The van der Waals surface area contributed by atoms with Crippen LogP contribution in [0, 0.1) is 5.41 Å². The minimum Gasteiger partial charge on any atom is -0.423 e. The first-order valence-corrected chi connectivity index (χ1v) is 6.73. The van der Waals surface area contributed by atoms with Crippen molar-refractivity contribution in [3.63, 3.8) is 0 Å². The zero-order valence-corrected chi connectivity index (χ0v) is 11.3. The molecular formula is C10H16BNO5S. The van der Waals surface area contributed by atoms with E-state index < -0.39 is 17.2 Å². The summed E-state index contributed by atoms with van der Waals surface area (Å²) in [6.07, 6.45) is 2.28. The Kier molecular flexibility index (Phi) is 4.49. The Balaban J connectivity index is 2.95. The van der Waals surface area contributed by atoms with Crippen molar-refractivity contribution in [3.05, 3.63) is 18.5 Å². The number of aromatic nitrogens is 1. The highest BCUT2D eigenvalue weighted by Crippen LogP contribution is 2.17. The number of hydrogen-bond acceptors (Lipinski definition) is 6. The molecule has 0 saturated carbocycles. The van der Waals surface area contributed by atoms with E-state index in [2.05, 4.69) is 4.98 Å². The van der Waals surface area contributed by atoms with Gasteiger partial charge in [0.2, 0.25) is 0 Å². The van der Waals surface area contributed by atoms with Gasteiger partial charge >= 0.3 is 7.12 Å². The lowest BCUT2D eigenvalue weighted by Crippen LogP contribution is -2.31. The largest absolute Gasteiger partial charge is 0.490 e. The van der Waals surface area contributed by atoms with E-state index in [-0.39, 0.29) is 22.4 Å². The van der Waals surface area contributed by atoms with Gasteiger partial charge in [-0.1, -0.05) is 20.8 Å². The first-order chi connectivity index (χ1) is 8.12. The average molecular weight is 273 g/mol. The van der Waals surface area contributed by atoms with Crippen LogP contribution in [0.5, 0.6) is 0 Å². The minimum atomic E-state index is -3.93. The van der Waals surface area contributed by atoms with Gasteiger partial charge in [-0.3, -0.25) is 9.17 Å². The molecule has 0 unspecified atom stereocenters. The van der Waals surface area contributed by atoms with Crippen molar-refractivity contribution >= 4 is 22.7 Å². The third-order valence-corrected chi connectivity index (χ3v) is 3.20. The van der Waals surface area contributed by atoms with Crippen LogP contribution in [0.3, 0.4) is 0 Å². The fourth-order valence-corrected chi connectivity index (χ4v) is 2.15. The Morgan fingerprint density at radius 1 is 1.33 bits per heavy atom. The van der Waals surface area contributed by atoms with E-state index in [0.29, 0.717) is 0 Å². The summed E-state index contributed by atoms with van der Waals surface area (Å²) < 4.78 is 28.5. The molecule has 18 heavy (non-hydrogen) atoms. The third-order valence-electron chi connectivity index (χ3n) is 1.97. The SMILES string of the molecule is CC(C)(C)COS(=O)(=O)c1cncc(B(O)O)c1. The van der Waals surface area contributed by atoms with Crippen molar-refractivity contribution in [2.75, 3.05) is 6.61 Å². The molecule has 6 nitrogen and oxygen atoms in total. The van der Waals surface area contributed by atoms with E-state index in [1.54, 1.807) is 0 Å². The van der Waals surface area contributed by atoms with E-state index in [0.717, 1.165) is 12.3 Å². The molecule has 100 valence electrons. The normalized spacial score (nSPS) is 12.5. The summed E-state index contributed by atoms with van der Waals surface area (Å²) in [5, 5.41) is 17.9. The first kappa shape index (κ1) is 15.1. The molecule has 0 radical (unpaired) electrons. The summed E-state index contributed by atoms with van der Waals surface area (Å²) >= 11 is 0. The molecule has 0 spiro atoms. The number of rotatable bonds is 4. The lowest BCUT2D eigenvalue weighted by molar-refractivity contribution is 0.203. The molecule has 1 aromatic rings. The summed E-state index contributed by atoms with van der Waals surface area (Å²) in [4.78, 5) is 3.44. The van der Waals surface area contributed by atoms with Crippen LogP contribution < -0.4 is 5.46 Å². The second kappa shape index (κ2) is 5.35. The maximum absolute atomic E-state index is 11.8. The van der Waals surface area contributed by atoms with Gasteiger partial charge in [0, 0.05) is 17.9 Å². The highest BCUT2D eigenvalue weighted by Gasteiger charge is 2.22. The standard InChI is InChI=1S/C10H16BNO5S/c1-10(2,3)7-17-18(15,16)9-4-8(11(13)14)5-12-6-9/h4-6,13-14H,7H2,1-3H3. The quantitative estimate of drug-likeness (QED) is 0.567. The maximum atomic E-state index is 11.8. The molecule has 0 bridgehead atoms. The maximum Gasteiger partial charge on any atom is 0.490 e. The fourth-order valence-electron chi connectivity index (χ4n) is 1.04. The predicted molar refractivity (Wildman–Crippen MR) is 66.7 cm³/mol. The molecule has 8 heteroatoms. The Hall–Kier alpha value is -0.955. The van der Waals surface area contributed by atoms with Crippen molar-refractivity contribution in [1.82, 2.24) is 4.98 Å². The third kappa shape index (κ3) is 4.38. The van der Waals surface area contributed by atoms with E-state index >= 15 is 0 Å². The molecule has 2 N–H and O–H groups in total. The summed E-state index contributed by atoms with van der Waals surface area (Å²) in [5.41, 5.74) is -0.301.